The molecule has 4 nitrogen and oxygen atoms in total. The molecule has 0 fully saturated rings. The Morgan fingerprint density at radius 2 is 2.04 bits per heavy atom. The number of hydrogen-bond acceptors (Lipinski definition) is 3. The highest BCUT2D eigenvalue weighted by molar-refractivity contribution is 5.76. The molecule has 2 aromatic heterocycles. The van der Waals surface area contributed by atoms with Gasteiger partial charge in [0, 0.05) is 5.69 Å². The van der Waals surface area contributed by atoms with Gasteiger partial charge in [-0.3, -0.25) is 0 Å². The molecular weight excluding hydrogens is 336 g/mol. The average Bonchev–Trinajstić information content (AvgIpc) is 3.17. The molecule has 0 unspecified atom stereocenters. The van der Waals surface area contributed by atoms with Gasteiger partial charge in [-0.1, -0.05) is 26.5 Å². The second-order valence-corrected chi connectivity index (χ2v) is 8.10. The third-order valence-corrected chi connectivity index (χ3v) is 3.92. The number of hydrogen-bond donors (Lipinski definition) is 1. The maximum atomic E-state index is 6.12. The van der Waals surface area contributed by atoms with E-state index in [1.165, 1.54) is 0 Å². The Labute approximate surface area is 163 Å². The van der Waals surface area contributed by atoms with Crippen LogP contribution in [0, 0.1) is 12.8 Å². The van der Waals surface area contributed by atoms with Crippen LogP contribution >= 0.6 is 0 Å². The van der Waals surface area contributed by atoms with Gasteiger partial charge in [-0.25, -0.2) is 4.98 Å². The number of nitrogens with zero attached hydrogens (tertiary/aromatic N) is 1. The smallest absolute Gasteiger partial charge is 0.174 e. The SMILES string of the molecule is C=C/C=C(\C(=C/C)OC(C)(C)C)c1ccc(-c2nc(CC(C)C)c(C)[nH]2)o1. The molecule has 2 rings (SSSR count). The molecule has 0 saturated carbocycles. The van der Waals surface area contributed by atoms with Crippen LogP contribution < -0.4 is 0 Å². The van der Waals surface area contributed by atoms with E-state index in [9.17, 15) is 0 Å². The van der Waals surface area contributed by atoms with E-state index in [2.05, 4.69) is 32.3 Å². The lowest BCUT2D eigenvalue weighted by Crippen LogP contribution is -2.19. The summed E-state index contributed by atoms with van der Waals surface area (Å²) in [6.07, 6.45) is 6.53. The van der Waals surface area contributed by atoms with E-state index < -0.39 is 0 Å². The first kappa shape index (κ1) is 20.8. The van der Waals surface area contributed by atoms with Gasteiger partial charge in [-0.2, -0.15) is 0 Å². The fourth-order valence-corrected chi connectivity index (χ4v) is 2.81. The van der Waals surface area contributed by atoms with Crippen LogP contribution in [0.1, 0.15) is 58.7 Å². The zero-order valence-corrected chi connectivity index (χ0v) is 17.6. The zero-order valence-electron chi connectivity index (χ0n) is 17.6. The zero-order chi connectivity index (χ0) is 20.2. The van der Waals surface area contributed by atoms with Gasteiger partial charge in [0.05, 0.1) is 11.3 Å². The molecule has 4 heteroatoms. The van der Waals surface area contributed by atoms with Crippen molar-refractivity contribution in [3.63, 3.8) is 0 Å². The number of nitrogens with one attached hydrogen (secondary N) is 1. The minimum atomic E-state index is -0.304. The van der Waals surface area contributed by atoms with E-state index in [0.717, 1.165) is 40.7 Å². The van der Waals surface area contributed by atoms with E-state index >= 15 is 0 Å². The lowest BCUT2D eigenvalue weighted by Gasteiger charge is -2.24. The molecular formula is C23H32N2O2. The standard InChI is InChI=1S/C23H32N2O2/c1-9-11-17(19(10-2)27-23(6,7)8)20-12-13-21(26-20)22-24-16(5)18(25-22)14-15(3)4/h9-13,15H,1,14H2,2-8H3,(H,24,25)/b17-11+,19-10+. The van der Waals surface area contributed by atoms with Crippen LogP contribution in [0.3, 0.4) is 0 Å². The Hall–Kier alpha value is -2.49. The minimum absolute atomic E-state index is 0.304. The van der Waals surface area contributed by atoms with Gasteiger partial charge >= 0.3 is 0 Å². The van der Waals surface area contributed by atoms with Gasteiger partial charge in [-0.05, 0) is 71.2 Å². The highest BCUT2D eigenvalue weighted by Gasteiger charge is 2.20. The Kier molecular flexibility index (Phi) is 6.53. The molecule has 0 atom stereocenters. The molecule has 0 bridgehead atoms. The van der Waals surface area contributed by atoms with Crippen molar-refractivity contribution in [2.75, 3.05) is 0 Å². The van der Waals surface area contributed by atoms with Crippen molar-refractivity contribution in [2.45, 2.75) is 60.5 Å². The summed E-state index contributed by atoms with van der Waals surface area (Å²) in [5, 5.41) is 0. The molecule has 0 amide bonds. The summed E-state index contributed by atoms with van der Waals surface area (Å²) in [5.41, 5.74) is 2.73. The van der Waals surface area contributed by atoms with Gasteiger partial charge in [0.2, 0.25) is 0 Å². The van der Waals surface area contributed by atoms with Gasteiger partial charge in [0.15, 0.2) is 11.6 Å². The molecule has 1 N–H and O–H groups in total. The van der Waals surface area contributed by atoms with Crippen LogP contribution in [0.4, 0.5) is 0 Å². The number of rotatable bonds is 7. The summed E-state index contributed by atoms with van der Waals surface area (Å²) in [6, 6.07) is 3.88. The summed E-state index contributed by atoms with van der Waals surface area (Å²) < 4.78 is 12.2. The number of aryl methyl sites for hydroxylation is 1. The highest BCUT2D eigenvalue weighted by Crippen LogP contribution is 2.32. The van der Waals surface area contributed by atoms with Crippen molar-refractivity contribution in [1.82, 2.24) is 9.97 Å². The maximum absolute atomic E-state index is 6.12. The molecule has 0 aliphatic carbocycles. The summed E-state index contributed by atoms with van der Waals surface area (Å²) in [5.74, 6) is 3.51. The largest absolute Gasteiger partial charge is 0.488 e. The van der Waals surface area contributed by atoms with E-state index in [1.54, 1.807) is 6.08 Å². The number of imidazole rings is 1. The van der Waals surface area contributed by atoms with Crippen molar-refractivity contribution >= 4 is 5.57 Å². The van der Waals surface area contributed by atoms with E-state index in [-0.39, 0.29) is 5.60 Å². The number of ether oxygens (including phenoxy) is 1. The Morgan fingerprint density at radius 3 is 2.59 bits per heavy atom. The highest BCUT2D eigenvalue weighted by atomic mass is 16.5. The lowest BCUT2D eigenvalue weighted by molar-refractivity contribution is 0.0616. The molecule has 2 aromatic rings. The number of H-pyrrole nitrogens is 1. The van der Waals surface area contributed by atoms with Crippen LogP contribution in [0.2, 0.25) is 0 Å². The van der Waals surface area contributed by atoms with Crippen LogP contribution in [0.15, 0.2) is 47.1 Å². The number of aromatic amines is 1. The Bertz CT molecular complexity index is 842. The summed E-state index contributed by atoms with van der Waals surface area (Å²) in [7, 11) is 0. The third kappa shape index (κ3) is 5.49. The minimum Gasteiger partial charge on any atom is -0.488 e. The molecule has 0 spiro atoms. The first-order valence-corrected chi connectivity index (χ1v) is 9.49. The quantitative estimate of drug-likeness (QED) is 0.450. The monoisotopic (exact) mass is 368 g/mol. The normalized spacial score (nSPS) is 13.3. The summed E-state index contributed by atoms with van der Waals surface area (Å²) in [4.78, 5) is 8.07. The van der Waals surface area contributed by atoms with Crippen molar-refractivity contribution in [3.8, 4) is 11.6 Å². The van der Waals surface area contributed by atoms with Crippen LogP contribution in [-0.4, -0.2) is 15.6 Å². The predicted molar refractivity (Wildman–Crippen MR) is 112 cm³/mol. The van der Waals surface area contributed by atoms with Crippen molar-refractivity contribution < 1.29 is 9.15 Å². The first-order chi connectivity index (χ1) is 12.6. The topological polar surface area (TPSA) is 51.0 Å². The van der Waals surface area contributed by atoms with Crippen LogP contribution in [-0.2, 0) is 11.2 Å². The Balaban J connectivity index is 2.36. The average molecular weight is 369 g/mol. The van der Waals surface area contributed by atoms with E-state index in [4.69, 9.17) is 14.1 Å². The first-order valence-electron chi connectivity index (χ1n) is 9.49. The molecule has 27 heavy (non-hydrogen) atoms. The summed E-state index contributed by atoms with van der Waals surface area (Å²) in [6.45, 7) is 18.3. The van der Waals surface area contributed by atoms with E-state index in [1.807, 2.05) is 52.0 Å². The maximum Gasteiger partial charge on any atom is 0.174 e. The van der Waals surface area contributed by atoms with Crippen LogP contribution in [0.25, 0.3) is 17.2 Å². The van der Waals surface area contributed by atoms with Gasteiger partial charge < -0.3 is 14.1 Å². The van der Waals surface area contributed by atoms with E-state index in [0.29, 0.717) is 11.7 Å². The molecule has 0 aliphatic rings. The number of aromatic nitrogens is 2. The molecule has 2 heterocycles. The second-order valence-electron chi connectivity index (χ2n) is 8.10. The molecule has 0 aliphatic heterocycles. The number of furan rings is 1. The van der Waals surface area contributed by atoms with Crippen molar-refractivity contribution in [2.24, 2.45) is 5.92 Å². The fourth-order valence-electron chi connectivity index (χ4n) is 2.81. The molecule has 146 valence electrons. The predicted octanol–water partition coefficient (Wildman–Crippen LogP) is 6.46. The van der Waals surface area contributed by atoms with Crippen molar-refractivity contribution in [1.29, 1.82) is 0 Å². The molecule has 0 aromatic carbocycles. The van der Waals surface area contributed by atoms with Gasteiger partial charge in [0.25, 0.3) is 0 Å². The molecule has 0 radical (unpaired) electrons. The lowest BCUT2D eigenvalue weighted by atomic mass is 10.1. The third-order valence-electron chi connectivity index (χ3n) is 3.92. The Morgan fingerprint density at radius 1 is 1.33 bits per heavy atom. The van der Waals surface area contributed by atoms with Crippen LogP contribution in [0.5, 0.6) is 0 Å². The van der Waals surface area contributed by atoms with Gasteiger partial charge in [0.1, 0.15) is 17.1 Å². The number of allylic oxidation sites excluding steroid dienone is 4. The van der Waals surface area contributed by atoms with Gasteiger partial charge in [-0.15, -0.1) is 0 Å². The fraction of sp³-hybridized carbons (Fsp3) is 0.435. The second kappa shape index (κ2) is 8.47. The van der Waals surface area contributed by atoms with Crippen molar-refractivity contribution in [3.05, 3.63) is 59.8 Å². The molecule has 0 saturated heterocycles. The summed E-state index contributed by atoms with van der Waals surface area (Å²) >= 11 is 0.